The molecule has 106 valence electrons. The summed E-state index contributed by atoms with van der Waals surface area (Å²) in [6, 6.07) is 2.80. The van der Waals surface area contributed by atoms with Crippen molar-refractivity contribution in [3.63, 3.8) is 0 Å². The standard InChI is InChI=1S/C15H22FNO2/c1-3-10-5-4-6-11(7-10)19-14-9-15(18-2)13(17)8-12(14)16/h8-11H,3-7,17H2,1-2H3. The van der Waals surface area contributed by atoms with E-state index in [2.05, 4.69) is 6.92 Å². The van der Waals surface area contributed by atoms with Crippen LogP contribution in [0.4, 0.5) is 10.1 Å². The highest BCUT2D eigenvalue weighted by molar-refractivity contribution is 5.56. The summed E-state index contributed by atoms with van der Waals surface area (Å²) in [6.07, 6.45) is 5.65. The second-order valence-electron chi connectivity index (χ2n) is 5.21. The Balaban J connectivity index is 2.10. The number of halogens is 1. The Morgan fingerprint density at radius 1 is 1.32 bits per heavy atom. The molecule has 1 aliphatic carbocycles. The molecule has 0 saturated heterocycles. The number of ether oxygens (including phenoxy) is 2. The molecular weight excluding hydrogens is 245 g/mol. The lowest BCUT2D eigenvalue weighted by Gasteiger charge is -2.29. The quantitative estimate of drug-likeness (QED) is 0.845. The van der Waals surface area contributed by atoms with E-state index in [1.165, 1.54) is 19.6 Å². The third kappa shape index (κ3) is 3.31. The lowest BCUT2D eigenvalue weighted by atomic mass is 9.85. The van der Waals surface area contributed by atoms with E-state index in [1.54, 1.807) is 6.07 Å². The van der Waals surface area contributed by atoms with E-state index in [1.807, 2.05) is 0 Å². The summed E-state index contributed by atoms with van der Waals surface area (Å²) in [5, 5.41) is 0. The Labute approximate surface area is 113 Å². The Morgan fingerprint density at radius 3 is 2.79 bits per heavy atom. The molecule has 1 fully saturated rings. The molecule has 2 N–H and O–H groups in total. The van der Waals surface area contributed by atoms with E-state index in [0.717, 1.165) is 25.7 Å². The van der Waals surface area contributed by atoms with E-state index in [4.69, 9.17) is 15.2 Å². The highest BCUT2D eigenvalue weighted by Gasteiger charge is 2.23. The maximum Gasteiger partial charge on any atom is 0.167 e. The van der Waals surface area contributed by atoms with Crippen molar-refractivity contribution in [1.82, 2.24) is 0 Å². The smallest absolute Gasteiger partial charge is 0.167 e. The maximum atomic E-state index is 13.8. The van der Waals surface area contributed by atoms with Gasteiger partial charge in [-0.05, 0) is 25.2 Å². The first kappa shape index (κ1) is 14.0. The number of methoxy groups -OCH3 is 1. The fourth-order valence-corrected chi connectivity index (χ4v) is 2.72. The highest BCUT2D eigenvalue weighted by atomic mass is 19.1. The Bertz CT molecular complexity index is 436. The topological polar surface area (TPSA) is 44.5 Å². The van der Waals surface area contributed by atoms with Crippen molar-refractivity contribution in [3.8, 4) is 11.5 Å². The van der Waals surface area contributed by atoms with Crippen LogP contribution in [-0.4, -0.2) is 13.2 Å². The minimum atomic E-state index is -0.420. The van der Waals surface area contributed by atoms with E-state index in [9.17, 15) is 4.39 Å². The zero-order valence-corrected chi connectivity index (χ0v) is 11.6. The van der Waals surface area contributed by atoms with Gasteiger partial charge in [0, 0.05) is 12.1 Å². The minimum Gasteiger partial charge on any atom is -0.494 e. The molecule has 1 aromatic rings. The first-order valence-electron chi connectivity index (χ1n) is 6.93. The van der Waals surface area contributed by atoms with Gasteiger partial charge in [-0.25, -0.2) is 4.39 Å². The number of anilines is 1. The van der Waals surface area contributed by atoms with Gasteiger partial charge >= 0.3 is 0 Å². The summed E-state index contributed by atoms with van der Waals surface area (Å²) >= 11 is 0. The van der Waals surface area contributed by atoms with Crippen LogP contribution in [0, 0.1) is 11.7 Å². The summed E-state index contributed by atoms with van der Waals surface area (Å²) in [5.41, 5.74) is 5.95. The number of hydrogen-bond donors (Lipinski definition) is 1. The third-order valence-electron chi connectivity index (χ3n) is 3.89. The Morgan fingerprint density at radius 2 is 2.11 bits per heavy atom. The monoisotopic (exact) mass is 267 g/mol. The van der Waals surface area contributed by atoms with E-state index in [0.29, 0.717) is 17.4 Å². The van der Waals surface area contributed by atoms with Crippen LogP contribution in [0.2, 0.25) is 0 Å². The largest absolute Gasteiger partial charge is 0.494 e. The van der Waals surface area contributed by atoms with Crippen LogP contribution >= 0.6 is 0 Å². The first-order valence-corrected chi connectivity index (χ1v) is 6.93. The van der Waals surface area contributed by atoms with Crippen molar-refractivity contribution in [2.45, 2.75) is 45.1 Å². The van der Waals surface area contributed by atoms with Crippen LogP contribution in [0.1, 0.15) is 39.0 Å². The molecule has 0 amide bonds. The normalized spacial score (nSPS) is 23.1. The van der Waals surface area contributed by atoms with Gasteiger partial charge in [-0.3, -0.25) is 0 Å². The van der Waals surface area contributed by atoms with Gasteiger partial charge in [0.05, 0.1) is 18.9 Å². The average molecular weight is 267 g/mol. The predicted molar refractivity (Wildman–Crippen MR) is 74.0 cm³/mol. The number of rotatable bonds is 4. The van der Waals surface area contributed by atoms with Gasteiger partial charge in [0.2, 0.25) is 0 Å². The summed E-state index contributed by atoms with van der Waals surface area (Å²) < 4.78 is 24.7. The lowest BCUT2D eigenvalue weighted by Crippen LogP contribution is -2.25. The van der Waals surface area contributed by atoms with Crippen LogP contribution in [0.5, 0.6) is 11.5 Å². The molecule has 2 atom stereocenters. The average Bonchev–Trinajstić information content (AvgIpc) is 2.42. The second kappa shape index (κ2) is 6.13. The number of hydrogen-bond acceptors (Lipinski definition) is 3. The summed E-state index contributed by atoms with van der Waals surface area (Å²) in [5.74, 6) is 0.974. The Kier molecular flexibility index (Phi) is 4.51. The highest BCUT2D eigenvalue weighted by Crippen LogP contribution is 2.34. The van der Waals surface area contributed by atoms with Crippen LogP contribution in [-0.2, 0) is 0 Å². The third-order valence-corrected chi connectivity index (χ3v) is 3.89. The molecule has 2 rings (SSSR count). The van der Waals surface area contributed by atoms with Crippen molar-refractivity contribution in [3.05, 3.63) is 17.9 Å². The van der Waals surface area contributed by atoms with Crippen molar-refractivity contribution in [2.24, 2.45) is 5.92 Å². The zero-order valence-electron chi connectivity index (χ0n) is 11.6. The van der Waals surface area contributed by atoms with Gasteiger partial charge in [0.25, 0.3) is 0 Å². The van der Waals surface area contributed by atoms with Crippen molar-refractivity contribution < 1.29 is 13.9 Å². The van der Waals surface area contributed by atoms with Crippen LogP contribution in [0.15, 0.2) is 12.1 Å². The molecule has 1 aromatic carbocycles. The predicted octanol–water partition coefficient (Wildman–Crippen LogP) is 3.76. The SMILES string of the molecule is CCC1CCCC(Oc2cc(OC)c(N)cc2F)C1. The molecule has 19 heavy (non-hydrogen) atoms. The number of nitrogens with two attached hydrogens (primary N) is 1. The number of benzene rings is 1. The zero-order chi connectivity index (χ0) is 13.8. The lowest BCUT2D eigenvalue weighted by molar-refractivity contribution is 0.117. The number of nitrogen functional groups attached to an aromatic ring is 1. The van der Waals surface area contributed by atoms with Gasteiger partial charge in [-0.2, -0.15) is 0 Å². The molecule has 1 aliphatic rings. The fraction of sp³-hybridized carbons (Fsp3) is 0.600. The van der Waals surface area contributed by atoms with Gasteiger partial charge in [-0.1, -0.05) is 19.8 Å². The summed E-state index contributed by atoms with van der Waals surface area (Å²) in [4.78, 5) is 0. The molecule has 0 radical (unpaired) electrons. The molecular formula is C15H22FNO2. The molecule has 0 aromatic heterocycles. The van der Waals surface area contributed by atoms with Crippen molar-refractivity contribution in [2.75, 3.05) is 12.8 Å². The van der Waals surface area contributed by atoms with Gasteiger partial charge in [0.1, 0.15) is 5.75 Å². The summed E-state index contributed by atoms with van der Waals surface area (Å²) in [6.45, 7) is 2.19. The fourth-order valence-electron chi connectivity index (χ4n) is 2.72. The minimum absolute atomic E-state index is 0.0986. The van der Waals surface area contributed by atoms with Gasteiger partial charge in [0.15, 0.2) is 11.6 Å². The van der Waals surface area contributed by atoms with Crippen molar-refractivity contribution >= 4 is 5.69 Å². The van der Waals surface area contributed by atoms with E-state index in [-0.39, 0.29) is 11.9 Å². The molecule has 0 heterocycles. The molecule has 0 bridgehead atoms. The van der Waals surface area contributed by atoms with Crippen LogP contribution in [0.25, 0.3) is 0 Å². The first-order chi connectivity index (χ1) is 9.13. The van der Waals surface area contributed by atoms with Gasteiger partial charge < -0.3 is 15.2 Å². The molecule has 0 spiro atoms. The maximum absolute atomic E-state index is 13.8. The molecule has 4 heteroatoms. The molecule has 1 saturated carbocycles. The van der Waals surface area contributed by atoms with E-state index < -0.39 is 5.82 Å². The Hall–Kier alpha value is -1.45. The second-order valence-corrected chi connectivity index (χ2v) is 5.21. The van der Waals surface area contributed by atoms with E-state index >= 15 is 0 Å². The molecule has 0 aliphatic heterocycles. The van der Waals surface area contributed by atoms with Crippen LogP contribution in [0.3, 0.4) is 0 Å². The van der Waals surface area contributed by atoms with Crippen molar-refractivity contribution in [1.29, 1.82) is 0 Å². The molecule has 3 nitrogen and oxygen atoms in total. The van der Waals surface area contributed by atoms with Crippen LogP contribution < -0.4 is 15.2 Å². The summed E-state index contributed by atoms with van der Waals surface area (Å²) in [7, 11) is 1.51. The van der Waals surface area contributed by atoms with Gasteiger partial charge in [-0.15, -0.1) is 0 Å². The molecule has 2 unspecified atom stereocenters.